The van der Waals surface area contributed by atoms with Gasteiger partial charge in [0.1, 0.15) is 0 Å². The van der Waals surface area contributed by atoms with Crippen LogP contribution in [-0.4, -0.2) is 17.3 Å². The van der Waals surface area contributed by atoms with Crippen LogP contribution in [0.3, 0.4) is 0 Å². The van der Waals surface area contributed by atoms with E-state index in [1.807, 2.05) is 31.2 Å². The summed E-state index contributed by atoms with van der Waals surface area (Å²) in [7, 11) is 0.272. The maximum Gasteiger partial charge on any atom is 0.337 e. The van der Waals surface area contributed by atoms with Gasteiger partial charge in [-0.25, -0.2) is 4.79 Å². The van der Waals surface area contributed by atoms with Gasteiger partial charge in [0, 0.05) is 4.90 Å². The predicted octanol–water partition coefficient (Wildman–Crippen LogP) is 3.09. The lowest BCUT2D eigenvalue weighted by molar-refractivity contribution is 0.0600. The lowest BCUT2D eigenvalue weighted by Crippen LogP contribution is -2.02. The van der Waals surface area contributed by atoms with Crippen molar-refractivity contribution in [2.75, 3.05) is 7.11 Å². The topological polar surface area (TPSA) is 43.4 Å². The first-order valence-electron chi connectivity index (χ1n) is 6.22. The molecule has 0 aliphatic carbocycles. The van der Waals surface area contributed by atoms with Crippen molar-refractivity contribution in [2.45, 2.75) is 17.6 Å². The summed E-state index contributed by atoms with van der Waals surface area (Å²) in [6.45, 7) is 2.00. The predicted molar refractivity (Wildman–Crippen MR) is 79.1 cm³/mol. The van der Waals surface area contributed by atoms with Crippen LogP contribution < -0.4 is 0 Å². The number of carbonyl (C=O) groups is 1. The Hall–Kier alpha value is -1.94. The van der Waals surface area contributed by atoms with Crippen LogP contribution in [0.5, 0.6) is 0 Å². The highest BCUT2D eigenvalue weighted by atomic mass is 32.2. The van der Waals surface area contributed by atoms with E-state index in [9.17, 15) is 9.00 Å². The molecule has 0 amide bonds. The Labute approximate surface area is 121 Å². The molecule has 0 bridgehead atoms. The second-order valence-electron chi connectivity index (χ2n) is 4.49. The number of aryl methyl sites for hydroxylation is 1. The first kappa shape index (κ1) is 14.5. The van der Waals surface area contributed by atoms with Crippen LogP contribution in [0.2, 0.25) is 0 Å². The third-order valence-corrected chi connectivity index (χ3v) is 4.35. The minimum absolute atomic E-state index is 0.365. The van der Waals surface area contributed by atoms with E-state index in [1.165, 1.54) is 7.11 Å². The highest BCUT2D eigenvalue weighted by Gasteiger charge is 2.07. The third-order valence-electron chi connectivity index (χ3n) is 2.96. The van der Waals surface area contributed by atoms with Crippen molar-refractivity contribution >= 4 is 16.8 Å². The summed E-state index contributed by atoms with van der Waals surface area (Å²) in [4.78, 5) is 12.1. The van der Waals surface area contributed by atoms with Gasteiger partial charge >= 0.3 is 5.97 Å². The van der Waals surface area contributed by atoms with Crippen molar-refractivity contribution < 1.29 is 13.7 Å². The zero-order valence-electron chi connectivity index (χ0n) is 11.5. The third kappa shape index (κ3) is 3.54. The summed E-state index contributed by atoms with van der Waals surface area (Å²) in [6.07, 6.45) is 0. The molecule has 3 nitrogen and oxygen atoms in total. The van der Waals surface area contributed by atoms with Crippen LogP contribution in [0.4, 0.5) is 0 Å². The normalized spacial score (nSPS) is 11.9. The molecular weight excluding hydrogens is 272 g/mol. The molecule has 2 rings (SSSR count). The molecule has 0 aliphatic heterocycles. The number of methoxy groups -OCH3 is 1. The summed E-state index contributed by atoms with van der Waals surface area (Å²) >= 11 is 0. The minimum atomic E-state index is -1.08. The zero-order valence-corrected chi connectivity index (χ0v) is 12.3. The molecule has 0 saturated heterocycles. The van der Waals surface area contributed by atoms with Crippen molar-refractivity contribution in [3.05, 3.63) is 65.2 Å². The number of benzene rings is 2. The summed E-state index contributed by atoms with van der Waals surface area (Å²) in [6, 6.07) is 14.7. The summed E-state index contributed by atoms with van der Waals surface area (Å²) in [5.74, 6) is 0.0704. The van der Waals surface area contributed by atoms with E-state index in [0.717, 1.165) is 16.0 Å². The van der Waals surface area contributed by atoms with Gasteiger partial charge in [-0.3, -0.25) is 4.21 Å². The minimum Gasteiger partial charge on any atom is -0.465 e. The highest BCUT2D eigenvalue weighted by molar-refractivity contribution is 7.84. The van der Waals surface area contributed by atoms with Crippen LogP contribution in [0.25, 0.3) is 0 Å². The van der Waals surface area contributed by atoms with Crippen LogP contribution >= 0.6 is 0 Å². The van der Waals surface area contributed by atoms with Gasteiger partial charge in [0.05, 0.1) is 29.2 Å². The first-order chi connectivity index (χ1) is 9.60. The summed E-state index contributed by atoms with van der Waals surface area (Å²) in [5, 5.41) is 0. The monoisotopic (exact) mass is 288 g/mol. The lowest BCUT2D eigenvalue weighted by atomic mass is 10.1. The van der Waals surface area contributed by atoms with Crippen molar-refractivity contribution in [1.29, 1.82) is 0 Å². The quantitative estimate of drug-likeness (QED) is 0.812. The summed E-state index contributed by atoms with van der Waals surface area (Å²) < 4.78 is 16.9. The Kier molecular flexibility index (Phi) is 4.69. The molecular formula is C16H16O3S. The molecule has 104 valence electrons. The van der Waals surface area contributed by atoms with E-state index in [1.54, 1.807) is 24.3 Å². The highest BCUT2D eigenvalue weighted by Crippen LogP contribution is 2.14. The Balaban J connectivity index is 2.08. The molecule has 0 N–H and O–H groups in total. The van der Waals surface area contributed by atoms with Crippen molar-refractivity contribution in [2.24, 2.45) is 0 Å². The number of ether oxygens (including phenoxy) is 1. The molecule has 0 aliphatic rings. The second-order valence-corrected chi connectivity index (χ2v) is 5.94. The number of hydrogen-bond acceptors (Lipinski definition) is 3. The molecule has 4 heteroatoms. The van der Waals surface area contributed by atoms with Crippen LogP contribution in [0, 0.1) is 6.92 Å². The van der Waals surface area contributed by atoms with Crippen molar-refractivity contribution in [3.63, 3.8) is 0 Å². The molecule has 1 unspecified atom stereocenters. The number of hydrogen-bond donors (Lipinski definition) is 0. The van der Waals surface area contributed by atoms with E-state index in [0.29, 0.717) is 11.3 Å². The molecule has 20 heavy (non-hydrogen) atoms. The molecule has 0 saturated carbocycles. The molecule has 0 fully saturated rings. The molecule has 0 spiro atoms. The Morgan fingerprint density at radius 3 is 2.20 bits per heavy atom. The SMILES string of the molecule is COC(=O)c1ccc(CS(=O)c2ccc(C)cc2)cc1. The van der Waals surface area contributed by atoms with Crippen molar-refractivity contribution in [3.8, 4) is 0 Å². The maximum atomic E-state index is 12.2. The maximum absolute atomic E-state index is 12.2. The summed E-state index contributed by atoms with van der Waals surface area (Å²) in [5.41, 5.74) is 2.57. The van der Waals surface area contributed by atoms with Crippen LogP contribution in [0.15, 0.2) is 53.4 Å². The molecule has 0 aromatic heterocycles. The van der Waals surface area contributed by atoms with Gasteiger partial charge in [-0.1, -0.05) is 29.8 Å². The Morgan fingerprint density at radius 2 is 1.65 bits per heavy atom. The van der Waals surface area contributed by atoms with Gasteiger partial charge in [-0.05, 0) is 36.8 Å². The fraction of sp³-hybridized carbons (Fsp3) is 0.188. The van der Waals surface area contributed by atoms with Gasteiger partial charge in [0.15, 0.2) is 0 Å². The fourth-order valence-electron chi connectivity index (χ4n) is 1.78. The average molecular weight is 288 g/mol. The van der Waals surface area contributed by atoms with Gasteiger partial charge in [-0.2, -0.15) is 0 Å². The van der Waals surface area contributed by atoms with Gasteiger partial charge in [-0.15, -0.1) is 0 Å². The number of esters is 1. The van der Waals surface area contributed by atoms with E-state index >= 15 is 0 Å². The molecule has 2 aromatic carbocycles. The van der Waals surface area contributed by atoms with Gasteiger partial charge < -0.3 is 4.74 Å². The van der Waals surface area contributed by atoms with E-state index < -0.39 is 10.8 Å². The van der Waals surface area contributed by atoms with Gasteiger partial charge in [0.25, 0.3) is 0 Å². The Bertz CT molecular complexity index is 615. The number of carbonyl (C=O) groups excluding carboxylic acids is 1. The van der Waals surface area contributed by atoms with Crippen molar-refractivity contribution in [1.82, 2.24) is 0 Å². The standard InChI is InChI=1S/C16H16O3S/c1-12-3-9-15(10-4-12)20(18)11-13-5-7-14(8-6-13)16(17)19-2/h3-10H,11H2,1-2H3. The molecule has 0 heterocycles. The smallest absolute Gasteiger partial charge is 0.337 e. The fourth-order valence-corrected chi connectivity index (χ4v) is 2.88. The molecule has 1 atom stereocenters. The van der Waals surface area contributed by atoms with E-state index in [2.05, 4.69) is 4.74 Å². The van der Waals surface area contributed by atoms with Crippen LogP contribution in [-0.2, 0) is 21.3 Å². The zero-order chi connectivity index (χ0) is 14.5. The number of rotatable bonds is 4. The average Bonchev–Trinajstić information content (AvgIpc) is 2.48. The van der Waals surface area contributed by atoms with E-state index in [4.69, 9.17) is 0 Å². The second kappa shape index (κ2) is 6.48. The van der Waals surface area contributed by atoms with E-state index in [-0.39, 0.29) is 5.97 Å². The van der Waals surface area contributed by atoms with Gasteiger partial charge in [0.2, 0.25) is 0 Å². The lowest BCUT2D eigenvalue weighted by Gasteiger charge is -2.04. The largest absolute Gasteiger partial charge is 0.465 e. The molecule has 2 aromatic rings. The molecule has 0 radical (unpaired) electrons. The Morgan fingerprint density at radius 1 is 1.05 bits per heavy atom. The first-order valence-corrected chi connectivity index (χ1v) is 7.54. The van der Waals surface area contributed by atoms with Crippen LogP contribution in [0.1, 0.15) is 21.5 Å².